The minimum atomic E-state index is -0.569. The van der Waals surface area contributed by atoms with Gasteiger partial charge in [0.1, 0.15) is 11.6 Å². The zero-order valence-corrected chi connectivity index (χ0v) is 15.2. The van der Waals surface area contributed by atoms with Gasteiger partial charge in [-0.2, -0.15) is 0 Å². The molecular weight excluding hydrogens is 365 g/mol. The molecule has 0 atom stereocenters. The van der Waals surface area contributed by atoms with Crippen molar-refractivity contribution < 1.29 is 18.8 Å². The van der Waals surface area contributed by atoms with Gasteiger partial charge in [-0.15, -0.1) is 11.3 Å². The molecule has 0 aliphatic rings. The molecule has 0 fully saturated rings. The molecule has 2 aromatic rings. The molecule has 1 N–H and O–H groups in total. The van der Waals surface area contributed by atoms with Crippen LogP contribution in [0.2, 0.25) is 5.02 Å². The van der Waals surface area contributed by atoms with Crippen molar-refractivity contribution in [3.63, 3.8) is 0 Å². The molecule has 0 saturated heterocycles. The van der Waals surface area contributed by atoms with Crippen LogP contribution in [0.25, 0.3) is 0 Å². The Bertz CT molecular complexity index is 803. The van der Waals surface area contributed by atoms with Crippen molar-refractivity contribution in [2.24, 2.45) is 0 Å². The zero-order chi connectivity index (χ0) is 18.4. The maximum Gasteiger partial charge on any atom is 0.224 e. The molecular formula is C18H17ClFNO3S. The van der Waals surface area contributed by atoms with E-state index in [2.05, 4.69) is 5.32 Å². The SMILES string of the molecule is Cc1ccc(C(=O)CCC(=O)CCC(=O)Nc2ccc(F)c(Cl)c2)s1. The third-order valence-electron chi connectivity index (χ3n) is 3.48. The highest BCUT2D eigenvalue weighted by atomic mass is 35.5. The molecule has 1 amide bonds. The molecule has 1 aromatic carbocycles. The number of nitrogens with one attached hydrogen (secondary N) is 1. The van der Waals surface area contributed by atoms with Gasteiger partial charge in [-0.1, -0.05) is 11.6 Å². The third kappa shape index (κ3) is 6.07. The number of carbonyl (C=O) groups excluding carboxylic acids is 3. The first-order valence-corrected chi connectivity index (χ1v) is 8.91. The minimum Gasteiger partial charge on any atom is -0.326 e. The van der Waals surface area contributed by atoms with Crippen LogP contribution in [0.1, 0.15) is 40.2 Å². The van der Waals surface area contributed by atoms with E-state index in [4.69, 9.17) is 11.6 Å². The average Bonchev–Trinajstić information content (AvgIpc) is 3.00. The first-order valence-electron chi connectivity index (χ1n) is 7.71. The van der Waals surface area contributed by atoms with Crippen LogP contribution in [0.4, 0.5) is 10.1 Å². The number of aryl methyl sites for hydroxylation is 1. The number of anilines is 1. The Morgan fingerprint density at radius 2 is 1.80 bits per heavy atom. The Kier molecular flexibility index (Phi) is 6.84. The van der Waals surface area contributed by atoms with E-state index in [9.17, 15) is 18.8 Å². The summed E-state index contributed by atoms with van der Waals surface area (Å²) in [6.07, 6.45) is 0.317. The molecule has 132 valence electrons. The highest BCUT2D eigenvalue weighted by Gasteiger charge is 2.13. The fourth-order valence-corrected chi connectivity index (χ4v) is 3.15. The van der Waals surface area contributed by atoms with E-state index in [1.165, 1.54) is 23.5 Å². The molecule has 0 radical (unpaired) electrons. The van der Waals surface area contributed by atoms with Crippen molar-refractivity contribution in [1.82, 2.24) is 0 Å². The standard InChI is InChI=1S/C18H17ClFNO3S/c1-11-2-8-17(25-11)16(23)7-4-13(22)5-9-18(24)21-12-3-6-15(20)14(19)10-12/h2-3,6,8,10H,4-5,7,9H2,1H3,(H,21,24). The van der Waals surface area contributed by atoms with Gasteiger partial charge in [0.05, 0.1) is 9.90 Å². The summed E-state index contributed by atoms with van der Waals surface area (Å²) in [6, 6.07) is 7.47. The molecule has 2 rings (SSSR count). The second kappa shape index (κ2) is 8.87. The molecule has 0 bridgehead atoms. The van der Waals surface area contributed by atoms with Crippen LogP contribution in [0.15, 0.2) is 30.3 Å². The summed E-state index contributed by atoms with van der Waals surface area (Å²) in [5.74, 6) is -1.14. The van der Waals surface area contributed by atoms with Gasteiger partial charge < -0.3 is 5.32 Å². The molecule has 1 aromatic heterocycles. The van der Waals surface area contributed by atoms with Gasteiger partial charge in [0.15, 0.2) is 5.78 Å². The second-order valence-electron chi connectivity index (χ2n) is 5.55. The van der Waals surface area contributed by atoms with Crippen LogP contribution in [0.5, 0.6) is 0 Å². The molecule has 25 heavy (non-hydrogen) atoms. The lowest BCUT2D eigenvalue weighted by atomic mass is 10.1. The van der Waals surface area contributed by atoms with E-state index >= 15 is 0 Å². The first kappa shape index (κ1) is 19.3. The lowest BCUT2D eigenvalue weighted by molar-refractivity contribution is -0.122. The van der Waals surface area contributed by atoms with Crippen molar-refractivity contribution >= 4 is 46.1 Å². The number of thiophene rings is 1. The Morgan fingerprint density at radius 1 is 1.08 bits per heavy atom. The van der Waals surface area contributed by atoms with Crippen molar-refractivity contribution in [1.29, 1.82) is 0 Å². The molecule has 4 nitrogen and oxygen atoms in total. The molecule has 0 unspecified atom stereocenters. The predicted molar refractivity (Wildman–Crippen MR) is 96.9 cm³/mol. The lowest BCUT2D eigenvalue weighted by Crippen LogP contribution is -2.14. The second-order valence-corrected chi connectivity index (χ2v) is 7.24. The number of ketones is 2. The summed E-state index contributed by atoms with van der Waals surface area (Å²) < 4.78 is 13.0. The summed E-state index contributed by atoms with van der Waals surface area (Å²) in [7, 11) is 0. The molecule has 0 spiro atoms. The minimum absolute atomic E-state index is 0.000128. The van der Waals surface area contributed by atoms with Crippen molar-refractivity contribution in [3.05, 3.63) is 50.9 Å². The number of hydrogen-bond acceptors (Lipinski definition) is 4. The van der Waals surface area contributed by atoms with Gasteiger partial charge in [0.25, 0.3) is 0 Å². The zero-order valence-electron chi connectivity index (χ0n) is 13.6. The maximum atomic E-state index is 13.0. The number of hydrogen-bond donors (Lipinski definition) is 1. The predicted octanol–water partition coefficient (Wildman–Crippen LogP) is 4.80. The van der Waals surface area contributed by atoms with Crippen LogP contribution in [0.3, 0.4) is 0 Å². The van der Waals surface area contributed by atoms with E-state index in [1.807, 2.05) is 13.0 Å². The summed E-state index contributed by atoms with van der Waals surface area (Å²) in [6.45, 7) is 1.92. The fraction of sp³-hybridized carbons (Fsp3) is 0.278. The van der Waals surface area contributed by atoms with E-state index in [-0.39, 0.29) is 48.2 Å². The van der Waals surface area contributed by atoms with E-state index in [0.29, 0.717) is 10.6 Å². The summed E-state index contributed by atoms with van der Waals surface area (Å²) in [4.78, 5) is 37.3. The fourth-order valence-electron chi connectivity index (χ4n) is 2.14. The van der Waals surface area contributed by atoms with Crippen LogP contribution in [-0.4, -0.2) is 17.5 Å². The highest BCUT2D eigenvalue weighted by Crippen LogP contribution is 2.20. The van der Waals surface area contributed by atoms with Gasteiger partial charge in [-0.25, -0.2) is 4.39 Å². The van der Waals surface area contributed by atoms with E-state index < -0.39 is 5.82 Å². The molecule has 0 aliphatic heterocycles. The number of Topliss-reactive ketones (excluding diaryl/α,β-unsaturated/α-hetero) is 2. The summed E-state index contributed by atoms with van der Waals surface area (Å²) >= 11 is 7.04. The third-order valence-corrected chi connectivity index (χ3v) is 4.81. The van der Waals surface area contributed by atoms with Crippen LogP contribution in [-0.2, 0) is 9.59 Å². The maximum absolute atomic E-state index is 13.0. The monoisotopic (exact) mass is 381 g/mol. The first-order chi connectivity index (χ1) is 11.8. The van der Waals surface area contributed by atoms with Crippen molar-refractivity contribution in [2.75, 3.05) is 5.32 Å². The molecule has 0 aliphatic carbocycles. The normalized spacial score (nSPS) is 10.5. The topological polar surface area (TPSA) is 63.2 Å². The number of rotatable bonds is 8. The number of carbonyl (C=O) groups is 3. The van der Waals surface area contributed by atoms with Gasteiger partial charge in [0.2, 0.25) is 5.91 Å². The quantitative estimate of drug-likeness (QED) is 0.668. The highest BCUT2D eigenvalue weighted by molar-refractivity contribution is 7.14. The van der Waals surface area contributed by atoms with Crippen LogP contribution >= 0.6 is 22.9 Å². The Labute approximate surface area is 154 Å². The van der Waals surface area contributed by atoms with Gasteiger partial charge in [-0.05, 0) is 37.3 Å². The molecule has 1 heterocycles. The van der Waals surface area contributed by atoms with Crippen LogP contribution in [0, 0.1) is 12.7 Å². The van der Waals surface area contributed by atoms with Gasteiger partial charge in [-0.3, -0.25) is 14.4 Å². The average molecular weight is 382 g/mol. The molecule has 7 heteroatoms. The van der Waals surface area contributed by atoms with Gasteiger partial charge >= 0.3 is 0 Å². The summed E-state index contributed by atoms with van der Waals surface area (Å²) in [5.41, 5.74) is 0.368. The van der Waals surface area contributed by atoms with Crippen LogP contribution < -0.4 is 5.32 Å². The Hall–Kier alpha value is -2.05. The lowest BCUT2D eigenvalue weighted by Gasteiger charge is -2.06. The number of halogens is 2. The number of benzene rings is 1. The largest absolute Gasteiger partial charge is 0.326 e. The van der Waals surface area contributed by atoms with Crippen molar-refractivity contribution in [3.8, 4) is 0 Å². The smallest absolute Gasteiger partial charge is 0.224 e. The van der Waals surface area contributed by atoms with E-state index in [1.54, 1.807) is 6.07 Å². The Balaban J connectivity index is 1.72. The van der Waals surface area contributed by atoms with E-state index in [0.717, 1.165) is 10.9 Å². The number of amides is 1. The van der Waals surface area contributed by atoms with Gasteiger partial charge in [0, 0.05) is 36.2 Å². The summed E-state index contributed by atoms with van der Waals surface area (Å²) in [5, 5.41) is 2.46. The Morgan fingerprint density at radius 3 is 2.44 bits per heavy atom. The van der Waals surface area contributed by atoms with Crippen molar-refractivity contribution in [2.45, 2.75) is 32.6 Å². The molecule has 0 saturated carbocycles.